The number of nitrogens with zero attached hydrogens (tertiary/aromatic N) is 1. The summed E-state index contributed by atoms with van der Waals surface area (Å²) in [6.07, 6.45) is -2.19. The molecule has 0 heterocycles. The molecular weight excluding hydrogens is 220 g/mol. The maximum Gasteiger partial charge on any atom is 0.315 e. The SMILES string of the molecule is CN(CCCBr)C(=O)C(F)F. The van der Waals surface area contributed by atoms with Gasteiger partial charge in [0.25, 0.3) is 5.91 Å². The molecule has 0 aromatic heterocycles. The monoisotopic (exact) mass is 229 g/mol. The zero-order chi connectivity index (χ0) is 8.85. The number of carbonyl (C=O) groups is 1. The van der Waals surface area contributed by atoms with E-state index in [1.165, 1.54) is 7.05 Å². The molecule has 1 amide bonds. The molecule has 5 heteroatoms. The summed E-state index contributed by atoms with van der Waals surface area (Å²) in [7, 11) is 1.37. The highest BCUT2D eigenvalue weighted by molar-refractivity contribution is 9.09. The topological polar surface area (TPSA) is 20.3 Å². The van der Waals surface area contributed by atoms with Gasteiger partial charge in [0.05, 0.1) is 0 Å². The Morgan fingerprint density at radius 2 is 2.18 bits per heavy atom. The number of hydrogen-bond donors (Lipinski definition) is 0. The van der Waals surface area contributed by atoms with Crippen LogP contribution in [0.4, 0.5) is 8.78 Å². The second-order valence-electron chi connectivity index (χ2n) is 2.10. The minimum atomic E-state index is -2.88. The van der Waals surface area contributed by atoms with E-state index in [2.05, 4.69) is 15.9 Å². The first-order chi connectivity index (χ1) is 5.09. The number of rotatable bonds is 4. The van der Waals surface area contributed by atoms with E-state index in [0.717, 1.165) is 4.90 Å². The van der Waals surface area contributed by atoms with Gasteiger partial charge in [-0.05, 0) is 6.42 Å². The van der Waals surface area contributed by atoms with E-state index in [1.807, 2.05) is 0 Å². The molecule has 0 saturated carbocycles. The lowest BCUT2D eigenvalue weighted by molar-refractivity contribution is -0.141. The van der Waals surface area contributed by atoms with Crippen molar-refractivity contribution in [1.29, 1.82) is 0 Å². The summed E-state index contributed by atoms with van der Waals surface area (Å²) < 4.78 is 23.4. The lowest BCUT2D eigenvalue weighted by Crippen LogP contribution is -2.32. The van der Waals surface area contributed by atoms with E-state index in [9.17, 15) is 13.6 Å². The lowest BCUT2D eigenvalue weighted by atomic mass is 10.4. The van der Waals surface area contributed by atoms with Crippen molar-refractivity contribution in [3.05, 3.63) is 0 Å². The first-order valence-corrected chi connectivity index (χ1v) is 4.31. The van der Waals surface area contributed by atoms with Gasteiger partial charge in [0.15, 0.2) is 0 Å². The number of amides is 1. The van der Waals surface area contributed by atoms with Gasteiger partial charge in [-0.25, -0.2) is 0 Å². The molecule has 11 heavy (non-hydrogen) atoms. The molecule has 0 unspecified atom stereocenters. The van der Waals surface area contributed by atoms with E-state index in [4.69, 9.17) is 0 Å². The molecule has 2 nitrogen and oxygen atoms in total. The van der Waals surface area contributed by atoms with Crippen molar-refractivity contribution in [2.24, 2.45) is 0 Å². The summed E-state index contributed by atoms with van der Waals surface area (Å²) in [6.45, 7) is 0.369. The molecule has 0 atom stereocenters. The number of hydrogen-bond acceptors (Lipinski definition) is 1. The fraction of sp³-hybridized carbons (Fsp3) is 0.833. The Balaban J connectivity index is 3.64. The van der Waals surface area contributed by atoms with Gasteiger partial charge in [0, 0.05) is 18.9 Å². The third-order valence-corrected chi connectivity index (χ3v) is 1.75. The number of alkyl halides is 3. The fourth-order valence-corrected chi connectivity index (χ4v) is 0.824. The first-order valence-electron chi connectivity index (χ1n) is 3.18. The van der Waals surface area contributed by atoms with Crippen LogP contribution in [0.15, 0.2) is 0 Å². The molecule has 0 bridgehead atoms. The minimum absolute atomic E-state index is 0.369. The van der Waals surface area contributed by atoms with Crippen LogP contribution in [0.1, 0.15) is 6.42 Å². The van der Waals surface area contributed by atoms with E-state index in [0.29, 0.717) is 18.3 Å². The van der Waals surface area contributed by atoms with Gasteiger partial charge in [-0.1, -0.05) is 15.9 Å². The molecule has 66 valence electrons. The van der Waals surface area contributed by atoms with Crippen molar-refractivity contribution in [2.75, 3.05) is 18.9 Å². The maximum absolute atomic E-state index is 11.7. The predicted molar refractivity (Wildman–Crippen MR) is 42.1 cm³/mol. The Labute approximate surface area is 72.7 Å². The zero-order valence-electron chi connectivity index (χ0n) is 6.19. The van der Waals surface area contributed by atoms with E-state index < -0.39 is 12.3 Å². The second-order valence-corrected chi connectivity index (χ2v) is 2.90. The van der Waals surface area contributed by atoms with Crippen molar-refractivity contribution in [3.8, 4) is 0 Å². The van der Waals surface area contributed by atoms with Gasteiger partial charge in [0.1, 0.15) is 0 Å². The first kappa shape index (κ1) is 10.8. The Morgan fingerprint density at radius 3 is 2.55 bits per heavy atom. The van der Waals surface area contributed by atoms with E-state index in [-0.39, 0.29) is 0 Å². The van der Waals surface area contributed by atoms with Crippen LogP contribution in [0.3, 0.4) is 0 Å². The molecule has 0 aromatic rings. The second kappa shape index (κ2) is 5.46. The van der Waals surface area contributed by atoms with Gasteiger partial charge in [-0.3, -0.25) is 4.79 Å². The normalized spacial score (nSPS) is 10.3. The summed E-state index contributed by atoms with van der Waals surface area (Å²) in [4.78, 5) is 11.5. The van der Waals surface area contributed by atoms with Crippen LogP contribution < -0.4 is 0 Å². The van der Waals surface area contributed by atoms with Crippen LogP contribution in [-0.2, 0) is 4.79 Å². The molecule has 0 fully saturated rings. The van der Waals surface area contributed by atoms with Gasteiger partial charge in [-0.15, -0.1) is 0 Å². The molecular formula is C6H10BrF2NO. The van der Waals surface area contributed by atoms with Crippen molar-refractivity contribution in [2.45, 2.75) is 12.8 Å². The summed E-state index contributed by atoms with van der Waals surface area (Å²) in [5.74, 6) is -1.11. The van der Waals surface area contributed by atoms with Crippen LogP contribution in [-0.4, -0.2) is 36.2 Å². The van der Waals surface area contributed by atoms with Crippen molar-refractivity contribution in [3.63, 3.8) is 0 Å². The Bertz CT molecular complexity index is 132. The minimum Gasteiger partial charge on any atom is -0.341 e. The fourth-order valence-electron chi connectivity index (χ4n) is 0.574. The lowest BCUT2D eigenvalue weighted by Gasteiger charge is -2.15. The van der Waals surface area contributed by atoms with Gasteiger partial charge >= 0.3 is 6.43 Å². The predicted octanol–water partition coefficient (Wildman–Crippen LogP) is 1.49. The summed E-state index contributed by atoms with van der Waals surface area (Å²) in [6, 6.07) is 0. The summed E-state index contributed by atoms with van der Waals surface area (Å²) >= 11 is 3.14. The molecule has 0 aliphatic carbocycles. The highest BCUT2D eigenvalue weighted by Gasteiger charge is 2.18. The molecule has 0 N–H and O–H groups in total. The van der Waals surface area contributed by atoms with Crippen LogP contribution >= 0.6 is 15.9 Å². The summed E-state index contributed by atoms with van der Waals surface area (Å²) in [5, 5.41) is 0.716. The van der Waals surface area contributed by atoms with Crippen LogP contribution in [0.25, 0.3) is 0 Å². The molecule has 0 aliphatic rings. The smallest absolute Gasteiger partial charge is 0.315 e. The zero-order valence-corrected chi connectivity index (χ0v) is 7.77. The summed E-state index contributed by atoms with van der Waals surface area (Å²) in [5.41, 5.74) is 0. The standard InChI is InChI=1S/C6H10BrF2NO/c1-10(4-2-3-7)6(11)5(8)9/h5H,2-4H2,1H3. The van der Waals surface area contributed by atoms with Gasteiger partial charge in [-0.2, -0.15) is 8.78 Å². The molecule has 0 saturated heterocycles. The van der Waals surface area contributed by atoms with E-state index >= 15 is 0 Å². The Kier molecular flexibility index (Phi) is 5.36. The molecule has 0 rings (SSSR count). The number of carbonyl (C=O) groups excluding carboxylic acids is 1. The van der Waals surface area contributed by atoms with Crippen molar-refractivity contribution in [1.82, 2.24) is 4.90 Å². The Morgan fingerprint density at radius 1 is 1.64 bits per heavy atom. The molecule has 0 spiro atoms. The van der Waals surface area contributed by atoms with Crippen LogP contribution in [0.5, 0.6) is 0 Å². The van der Waals surface area contributed by atoms with Crippen molar-refractivity contribution < 1.29 is 13.6 Å². The average Bonchev–Trinajstić information content (AvgIpc) is 1.98. The number of halogens is 3. The third-order valence-electron chi connectivity index (χ3n) is 1.19. The maximum atomic E-state index is 11.7. The average molecular weight is 230 g/mol. The van der Waals surface area contributed by atoms with Gasteiger partial charge < -0.3 is 4.90 Å². The quantitative estimate of drug-likeness (QED) is 0.670. The van der Waals surface area contributed by atoms with E-state index in [1.54, 1.807) is 0 Å². The largest absolute Gasteiger partial charge is 0.341 e. The van der Waals surface area contributed by atoms with Crippen LogP contribution in [0, 0.1) is 0 Å². The Hall–Kier alpha value is -0.190. The highest BCUT2D eigenvalue weighted by atomic mass is 79.9. The van der Waals surface area contributed by atoms with Gasteiger partial charge in [0.2, 0.25) is 0 Å². The molecule has 0 aromatic carbocycles. The third kappa shape index (κ3) is 4.29. The molecule has 0 radical (unpaired) electrons. The van der Waals surface area contributed by atoms with Crippen LogP contribution in [0.2, 0.25) is 0 Å². The molecule has 0 aliphatic heterocycles. The highest BCUT2D eigenvalue weighted by Crippen LogP contribution is 1.99. The van der Waals surface area contributed by atoms with Crippen molar-refractivity contribution >= 4 is 21.8 Å².